The maximum absolute atomic E-state index is 6.59. The number of para-hydroxylation sites is 2. The molecule has 13 rings (SSSR count). The van der Waals surface area contributed by atoms with Gasteiger partial charge in [0.05, 0.1) is 44.3 Å². The summed E-state index contributed by atoms with van der Waals surface area (Å²) < 4.78 is 14.0. The second-order valence-electron chi connectivity index (χ2n) is 16.0. The van der Waals surface area contributed by atoms with Crippen LogP contribution in [0.15, 0.2) is 190 Å². The van der Waals surface area contributed by atoms with Crippen molar-refractivity contribution < 1.29 is 4.42 Å². The third-order valence-electron chi connectivity index (χ3n) is 12.7. The van der Waals surface area contributed by atoms with Crippen LogP contribution in [0.2, 0.25) is 0 Å². The largest absolute Gasteiger partial charge is 0.437 e. The van der Waals surface area contributed by atoms with Gasteiger partial charge >= 0.3 is 0 Å². The minimum absolute atomic E-state index is 0.150. The first-order valence-electron chi connectivity index (χ1n) is 20.5. The molecule has 0 N–H and O–H groups in total. The Kier molecular flexibility index (Phi) is 7.84. The number of hydrogen-bond acceptors (Lipinski definition) is 5. The molecule has 7 heteroatoms. The molecule has 1 unspecified atom stereocenters. The SMILES string of the molecule is C=C/C=C1/Sc2cc(-n3c4ccccc4c4c5ccccc5c5c6cc7ccccc7cc6sc5c43)cc(C3=Nc4c(oc5ccccc45)N(I)C3c3ccccc3)c2[C@@H]1C. The molecule has 2 aliphatic rings. The van der Waals surface area contributed by atoms with Gasteiger partial charge in [0.25, 0.3) is 0 Å². The molecule has 3 aromatic heterocycles. The second-order valence-corrected chi connectivity index (χ2v) is 19.2. The number of fused-ring (bicyclic) bond motifs is 15. The van der Waals surface area contributed by atoms with Crippen molar-refractivity contribution in [2.75, 3.05) is 3.11 Å². The summed E-state index contributed by atoms with van der Waals surface area (Å²) in [7, 11) is 0. The van der Waals surface area contributed by atoms with Gasteiger partial charge < -0.3 is 8.98 Å². The highest BCUT2D eigenvalue weighted by Gasteiger charge is 2.39. The van der Waals surface area contributed by atoms with Crippen LogP contribution in [0.1, 0.15) is 35.6 Å². The number of nitrogens with zero attached hydrogens (tertiary/aromatic N) is 3. The normalized spacial score (nSPS) is 17.1. The van der Waals surface area contributed by atoms with E-state index >= 15 is 0 Å². The van der Waals surface area contributed by atoms with E-state index in [1.165, 1.54) is 78.9 Å². The van der Waals surface area contributed by atoms with Crippen LogP contribution in [0.5, 0.6) is 0 Å². The molecule has 0 fully saturated rings. The summed E-state index contributed by atoms with van der Waals surface area (Å²) in [4.78, 5) is 8.24. The van der Waals surface area contributed by atoms with Crippen LogP contribution in [0.3, 0.4) is 0 Å². The van der Waals surface area contributed by atoms with Gasteiger partial charge in [-0.2, -0.15) is 0 Å². The van der Waals surface area contributed by atoms with Crippen LogP contribution in [-0.2, 0) is 0 Å². The Hall–Kier alpha value is -6.13. The van der Waals surface area contributed by atoms with Crippen molar-refractivity contribution in [1.82, 2.24) is 4.57 Å². The first kappa shape index (κ1) is 35.6. The van der Waals surface area contributed by atoms with Gasteiger partial charge in [0, 0.05) is 53.7 Å². The Morgan fingerprint density at radius 2 is 1.41 bits per heavy atom. The Morgan fingerprint density at radius 1 is 0.721 bits per heavy atom. The Morgan fingerprint density at radius 3 is 2.21 bits per heavy atom. The minimum Gasteiger partial charge on any atom is -0.437 e. The lowest BCUT2D eigenvalue weighted by molar-refractivity contribution is 0.611. The summed E-state index contributed by atoms with van der Waals surface area (Å²) in [6, 6.07) is 55.2. The molecule has 61 heavy (non-hydrogen) atoms. The van der Waals surface area contributed by atoms with E-state index in [0.717, 1.165) is 45.1 Å². The van der Waals surface area contributed by atoms with E-state index in [2.05, 4.69) is 190 Å². The van der Waals surface area contributed by atoms with Gasteiger partial charge in [0.1, 0.15) is 17.3 Å². The molecule has 5 heterocycles. The number of anilines is 1. The molecular formula is C54H34IN3OS2. The number of thioether (sulfide) groups is 1. The lowest BCUT2D eigenvalue weighted by Gasteiger charge is -2.32. The maximum Gasteiger partial charge on any atom is 0.232 e. The van der Waals surface area contributed by atoms with E-state index in [1.807, 2.05) is 41.3 Å². The standard InChI is InChI=1S/C54H34IN3OS2/c1-3-15-43-30(2)46-40(49-51(31-16-5-4-6-17-31)58(55)54-50(56-49)38-23-12-14-25-42(38)59-54)28-34(29-45(46)60-43)57-41-24-13-11-22-37(41)47-35-20-9-10-21-36(35)48-39-26-32-18-7-8-19-33(32)27-44(39)61-53(48)52(47)57/h3-30,51H,1H2,2H3/b43-15+/t30-,51?/m1/s1. The highest BCUT2D eigenvalue weighted by molar-refractivity contribution is 14.1. The predicted molar refractivity (Wildman–Crippen MR) is 269 cm³/mol. The second kappa shape index (κ2) is 13.4. The third-order valence-corrected chi connectivity index (χ3v) is 16.2. The number of halogens is 1. The van der Waals surface area contributed by atoms with Crippen molar-refractivity contribution in [3.63, 3.8) is 0 Å². The molecule has 0 bridgehead atoms. The smallest absolute Gasteiger partial charge is 0.232 e. The molecule has 290 valence electrons. The van der Waals surface area contributed by atoms with Crippen LogP contribution in [0.25, 0.3) is 80.2 Å². The topological polar surface area (TPSA) is 33.7 Å². The van der Waals surface area contributed by atoms with Crippen LogP contribution in [0, 0.1) is 0 Å². The Balaban J connectivity index is 1.18. The third kappa shape index (κ3) is 5.08. The molecule has 11 aromatic rings. The molecule has 0 spiro atoms. The minimum atomic E-state index is -0.204. The number of aromatic nitrogens is 1. The summed E-state index contributed by atoms with van der Waals surface area (Å²) in [5.41, 5.74) is 9.87. The number of allylic oxidation sites excluding steroid dienone is 3. The van der Waals surface area contributed by atoms with Gasteiger partial charge in [0.2, 0.25) is 5.88 Å². The van der Waals surface area contributed by atoms with Crippen molar-refractivity contribution in [2.24, 2.45) is 4.99 Å². The quantitative estimate of drug-likeness (QED) is 0.130. The summed E-state index contributed by atoms with van der Waals surface area (Å²) in [6.45, 7) is 6.45. The van der Waals surface area contributed by atoms with Crippen molar-refractivity contribution in [1.29, 1.82) is 0 Å². The molecule has 0 saturated heterocycles. The fourth-order valence-corrected chi connectivity index (χ4v) is 13.6. The highest BCUT2D eigenvalue weighted by atomic mass is 127. The van der Waals surface area contributed by atoms with E-state index in [0.29, 0.717) is 0 Å². The summed E-state index contributed by atoms with van der Waals surface area (Å²) in [5, 5.41) is 11.3. The van der Waals surface area contributed by atoms with Crippen molar-refractivity contribution >= 4 is 138 Å². The van der Waals surface area contributed by atoms with E-state index in [4.69, 9.17) is 9.41 Å². The number of furan rings is 1. The Labute approximate surface area is 373 Å². The van der Waals surface area contributed by atoms with E-state index < -0.39 is 0 Å². The molecule has 0 saturated carbocycles. The molecule has 0 radical (unpaired) electrons. The van der Waals surface area contributed by atoms with Gasteiger partial charge in [-0.15, -0.1) is 11.3 Å². The number of hydrogen-bond donors (Lipinski definition) is 0. The fraction of sp³-hybridized carbons (Fsp3) is 0.0556. The van der Waals surface area contributed by atoms with Crippen LogP contribution < -0.4 is 3.11 Å². The molecule has 0 amide bonds. The van der Waals surface area contributed by atoms with Crippen LogP contribution in [-0.4, -0.2) is 10.3 Å². The number of thiophene rings is 1. The zero-order chi connectivity index (χ0) is 40.5. The average Bonchev–Trinajstić information content (AvgIpc) is 4.05. The molecular weight excluding hydrogens is 898 g/mol. The van der Waals surface area contributed by atoms with Gasteiger partial charge in [-0.05, 0) is 80.0 Å². The first-order chi connectivity index (χ1) is 30.1. The van der Waals surface area contributed by atoms with E-state index in [1.54, 1.807) is 0 Å². The zero-order valence-electron chi connectivity index (χ0n) is 32.9. The van der Waals surface area contributed by atoms with Gasteiger partial charge in [-0.3, -0.25) is 3.11 Å². The summed E-state index contributed by atoms with van der Waals surface area (Å²) >= 11 is 6.23. The zero-order valence-corrected chi connectivity index (χ0v) is 36.7. The maximum atomic E-state index is 6.59. The average molecular weight is 932 g/mol. The lowest BCUT2D eigenvalue weighted by Crippen LogP contribution is -2.30. The van der Waals surface area contributed by atoms with Crippen molar-refractivity contribution in [3.05, 3.63) is 192 Å². The number of aliphatic imine (C=N–C) groups is 1. The van der Waals surface area contributed by atoms with E-state index in [9.17, 15) is 0 Å². The van der Waals surface area contributed by atoms with Crippen molar-refractivity contribution in [3.8, 4) is 5.69 Å². The predicted octanol–water partition coefficient (Wildman–Crippen LogP) is 16.5. The van der Waals surface area contributed by atoms with Gasteiger partial charge in [-0.1, -0.05) is 147 Å². The summed E-state index contributed by atoms with van der Waals surface area (Å²) in [5.74, 6) is 0.924. The highest BCUT2D eigenvalue weighted by Crippen LogP contribution is 2.56. The first-order valence-corrected chi connectivity index (χ1v) is 23.1. The number of benzene rings is 8. The van der Waals surface area contributed by atoms with Crippen molar-refractivity contribution in [2.45, 2.75) is 23.8 Å². The molecule has 2 atom stereocenters. The fourth-order valence-electron chi connectivity index (χ4n) is 10.1. The van der Waals surface area contributed by atoms with E-state index in [-0.39, 0.29) is 12.0 Å². The monoisotopic (exact) mass is 931 g/mol. The van der Waals surface area contributed by atoms with Crippen LogP contribution >= 0.6 is 46.0 Å². The molecule has 8 aromatic carbocycles. The number of rotatable bonds is 4. The Bertz CT molecular complexity index is 3760. The van der Waals surface area contributed by atoms with Gasteiger partial charge in [0.15, 0.2) is 0 Å². The van der Waals surface area contributed by atoms with Crippen LogP contribution in [0.4, 0.5) is 11.6 Å². The molecule has 4 nitrogen and oxygen atoms in total. The molecule has 0 aliphatic carbocycles. The van der Waals surface area contributed by atoms with Gasteiger partial charge in [-0.25, -0.2) is 4.99 Å². The lowest BCUT2D eigenvalue weighted by atomic mass is 9.87. The molecule has 2 aliphatic heterocycles. The summed E-state index contributed by atoms with van der Waals surface area (Å²) in [6.07, 6.45) is 4.10.